The Morgan fingerprint density at radius 1 is 1.38 bits per heavy atom. The molecule has 2 heterocycles. The maximum atomic E-state index is 11.6. The first-order valence-corrected chi connectivity index (χ1v) is 6.67. The molecule has 0 aliphatic carbocycles. The van der Waals surface area contributed by atoms with Gasteiger partial charge in [0.1, 0.15) is 0 Å². The number of nitrogens with zero attached hydrogens (tertiary/aromatic N) is 4. The monoisotopic (exact) mass is 295 g/mol. The summed E-state index contributed by atoms with van der Waals surface area (Å²) in [6.07, 6.45) is 1.41. The molecule has 21 heavy (non-hydrogen) atoms. The van der Waals surface area contributed by atoms with Crippen LogP contribution in [0.1, 0.15) is 29.5 Å². The van der Waals surface area contributed by atoms with Gasteiger partial charge in [-0.25, -0.2) is 14.3 Å². The molecule has 0 spiro atoms. The van der Waals surface area contributed by atoms with Crippen LogP contribution < -0.4 is 5.32 Å². The Kier molecular flexibility index (Phi) is 4.51. The zero-order valence-electron chi connectivity index (χ0n) is 12.0. The summed E-state index contributed by atoms with van der Waals surface area (Å²) in [5.41, 5.74) is 0.827. The van der Waals surface area contributed by atoms with Crippen molar-refractivity contribution >= 4 is 17.9 Å². The molecule has 1 fully saturated rings. The Balaban J connectivity index is 2.12. The van der Waals surface area contributed by atoms with Crippen LogP contribution in [0.25, 0.3) is 0 Å². The predicted octanol–water partition coefficient (Wildman–Crippen LogP) is -0.431. The molecule has 0 aromatic carbocycles. The van der Waals surface area contributed by atoms with Crippen LogP contribution in [0.3, 0.4) is 0 Å². The summed E-state index contributed by atoms with van der Waals surface area (Å²) >= 11 is 0. The lowest BCUT2D eigenvalue weighted by atomic mass is 10.2. The number of carbonyl (C=O) groups is 3. The van der Waals surface area contributed by atoms with Crippen molar-refractivity contribution in [2.75, 3.05) is 20.2 Å². The lowest BCUT2D eigenvalue weighted by Gasteiger charge is -2.13. The normalized spacial score (nSPS) is 14.5. The van der Waals surface area contributed by atoms with E-state index in [2.05, 4.69) is 20.4 Å². The summed E-state index contributed by atoms with van der Waals surface area (Å²) in [6.45, 7) is 2.46. The number of aromatic nitrogens is 3. The van der Waals surface area contributed by atoms with Gasteiger partial charge in [-0.1, -0.05) is 18.6 Å². The second kappa shape index (κ2) is 6.33. The molecular formula is C12H17N5O4. The SMILES string of the molecule is CCCc1c(C(=O)OC)nnn1CCN1C(=O)CNC1=O. The van der Waals surface area contributed by atoms with Crippen LogP contribution in [0.5, 0.6) is 0 Å². The minimum atomic E-state index is -0.542. The van der Waals surface area contributed by atoms with Gasteiger partial charge in [-0.15, -0.1) is 5.10 Å². The van der Waals surface area contributed by atoms with Crippen LogP contribution >= 0.6 is 0 Å². The standard InChI is InChI=1S/C12H17N5O4/c1-3-4-8-10(11(19)21-2)14-15-17(8)6-5-16-9(18)7-13-12(16)20/h3-7H2,1-2H3,(H,13,20). The Labute approximate surface area is 121 Å². The highest BCUT2D eigenvalue weighted by Crippen LogP contribution is 2.10. The van der Waals surface area contributed by atoms with E-state index in [9.17, 15) is 14.4 Å². The van der Waals surface area contributed by atoms with Gasteiger partial charge in [0, 0.05) is 0 Å². The van der Waals surface area contributed by atoms with Crippen LogP contribution in [0.4, 0.5) is 4.79 Å². The molecule has 2 rings (SSSR count). The van der Waals surface area contributed by atoms with Crippen LogP contribution in [0.15, 0.2) is 0 Å². The van der Waals surface area contributed by atoms with Gasteiger partial charge in [0.2, 0.25) is 5.91 Å². The Hall–Kier alpha value is -2.45. The van der Waals surface area contributed by atoms with E-state index in [1.807, 2.05) is 6.92 Å². The van der Waals surface area contributed by atoms with E-state index >= 15 is 0 Å². The molecule has 0 bridgehead atoms. The van der Waals surface area contributed by atoms with E-state index in [1.54, 1.807) is 0 Å². The van der Waals surface area contributed by atoms with Gasteiger partial charge in [0.15, 0.2) is 5.69 Å². The summed E-state index contributed by atoms with van der Waals surface area (Å²) in [5, 5.41) is 10.2. The summed E-state index contributed by atoms with van der Waals surface area (Å²) < 4.78 is 6.20. The molecule has 1 aliphatic rings. The lowest BCUT2D eigenvalue weighted by Crippen LogP contribution is -2.34. The minimum absolute atomic E-state index is 0.0193. The molecule has 9 heteroatoms. The first-order valence-electron chi connectivity index (χ1n) is 6.67. The quantitative estimate of drug-likeness (QED) is 0.564. The number of methoxy groups -OCH3 is 1. The number of nitrogens with one attached hydrogen (secondary N) is 1. The number of hydrogen-bond acceptors (Lipinski definition) is 6. The van der Waals surface area contributed by atoms with E-state index in [-0.39, 0.29) is 24.7 Å². The van der Waals surface area contributed by atoms with Crippen molar-refractivity contribution in [3.8, 4) is 0 Å². The topological polar surface area (TPSA) is 106 Å². The lowest BCUT2D eigenvalue weighted by molar-refractivity contribution is -0.125. The molecule has 114 valence electrons. The van der Waals surface area contributed by atoms with Crippen molar-refractivity contribution in [1.82, 2.24) is 25.2 Å². The maximum absolute atomic E-state index is 11.6. The van der Waals surface area contributed by atoms with Gasteiger partial charge in [0.05, 0.1) is 32.4 Å². The van der Waals surface area contributed by atoms with Gasteiger partial charge in [-0.2, -0.15) is 0 Å². The van der Waals surface area contributed by atoms with E-state index in [1.165, 1.54) is 11.8 Å². The van der Waals surface area contributed by atoms with E-state index in [0.29, 0.717) is 18.7 Å². The molecular weight excluding hydrogens is 278 g/mol. The highest BCUT2D eigenvalue weighted by molar-refractivity contribution is 6.01. The highest BCUT2D eigenvalue weighted by atomic mass is 16.5. The first-order chi connectivity index (χ1) is 10.1. The molecule has 1 aromatic heterocycles. The molecule has 3 amide bonds. The highest BCUT2D eigenvalue weighted by Gasteiger charge is 2.28. The number of amides is 3. The summed E-state index contributed by atoms with van der Waals surface area (Å²) in [5.74, 6) is -0.815. The number of ether oxygens (including phenoxy) is 1. The Morgan fingerprint density at radius 3 is 2.71 bits per heavy atom. The maximum Gasteiger partial charge on any atom is 0.360 e. The van der Waals surface area contributed by atoms with Crippen LogP contribution in [-0.4, -0.2) is 58.0 Å². The van der Waals surface area contributed by atoms with E-state index in [4.69, 9.17) is 0 Å². The first kappa shape index (κ1) is 14.9. The Bertz CT molecular complexity index is 552. The van der Waals surface area contributed by atoms with Crippen molar-refractivity contribution < 1.29 is 19.1 Å². The van der Waals surface area contributed by atoms with E-state index < -0.39 is 12.0 Å². The second-order valence-corrected chi connectivity index (χ2v) is 4.55. The van der Waals surface area contributed by atoms with Crippen LogP contribution in [0.2, 0.25) is 0 Å². The summed E-state index contributed by atoms with van der Waals surface area (Å²) in [4.78, 5) is 35.7. The van der Waals surface area contributed by atoms with Crippen molar-refractivity contribution in [3.63, 3.8) is 0 Å². The van der Waals surface area contributed by atoms with Gasteiger partial charge in [0.25, 0.3) is 0 Å². The second-order valence-electron chi connectivity index (χ2n) is 4.55. The van der Waals surface area contributed by atoms with Gasteiger partial charge in [-0.3, -0.25) is 9.69 Å². The smallest absolute Gasteiger partial charge is 0.360 e. The van der Waals surface area contributed by atoms with E-state index in [0.717, 1.165) is 11.3 Å². The number of hydrogen-bond donors (Lipinski definition) is 1. The predicted molar refractivity (Wildman–Crippen MR) is 70.5 cm³/mol. The average Bonchev–Trinajstić information content (AvgIpc) is 3.01. The van der Waals surface area contributed by atoms with Gasteiger partial charge in [-0.05, 0) is 6.42 Å². The Morgan fingerprint density at radius 2 is 2.14 bits per heavy atom. The zero-order chi connectivity index (χ0) is 15.4. The summed E-state index contributed by atoms with van der Waals surface area (Å²) in [7, 11) is 1.28. The third kappa shape index (κ3) is 3.01. The number of rotatable bonds is 6. The molecule has 1 aliphatic heterocycles. The van der Waals surface area contributed by atoms with Crippen molar-refractivity contribution in [2.24, 2.45) is 0 Å². The fraction of sp³-hybridized carbons (Fsp3) is 0.583. The van der Waals surface area contributed by atoms with Crippen molar-refractivity contribution in [2.45, 2.75) is 26.3 Å². The van der Waals surface area contributed by atoms with Gasteiger partial charge < -0.3 is 10.1 Å². The third-order valence-electron chi connectivity index (χ3n) is 3.18. The zero-order valence-corrected chi connectivity index (χ0v) is 12.0. The molecule has 0 atom stereocenters. The molecule has 0 unspecified atom stereocenters. The van der Waals surface area contributed by atoms with Gasteiger partial charge >= 0.3 is 12.0 Å². The number of urea groups is 1. The molecule has 1 saturated heterocycles. The fourth-order valence-electron chi connectivity index (χ4n) is 2.13. The van der Waals surface area contributed by atoms with Crippen molar-refractivity contribution in [3.05, 3.63) is 11.4 Å². The van der Waals surface area contributed by atoms with Crippen LogP contribution in [-0.2, 0) is 22.5 Å². The molecule has 1 aromatic rings. The summed E-state index contributed by atoms with van der Waals surface area (Å²) in [6, 6.07) is -0.412. The largest absolute Gasteiger partial charge is 0.464 e. The third-order valence-corrected chi connectivity index (χ3v) is 3.18. The fourth-order valence-corrected chi connectivity index (χ4v) is 2.13. The number of esters is 1. The molecule has 1 N–H and O–H groups in total. The molecule has 0 radical (unpaired) electrons. The van der Waals surface area contributed by atoms with Crippen molar-refractivity contribution in [1.29, 1.82) is 0 Å². The molecule has 0 saturated carbocycles. The number of carbonyl (C=O) groups excluding carboxylic acids is 3. The number of imide groups is 1. The molecule has 9 nitrogen and oxygen atoms in total. The van der Waals surface area contributed by atoms with Crippen LogP contribution in [0, 0.1) is 0 Å². The minimum Gasteiger partial charge on any atom is -0.464 e. The average molecular weight is 295 g/mol.